The first kappa shape index (κ1) is 18.6. The predicted octanol–water partition coefficient (Wildman–Crippen LogP) is 3.68. The van der Waals surface area contributed by atoms with E-state index in [1.807, 2.05) is 19.9 Å². The number of rotatable bonds is 4. The van der Waals surface area contributed by atoms with Crippen molar-refractivity contribution >= 4 is 5.78 Å². The third kappa shape index (κ3) is 3.43. The van der Waals surface area contributed by atoms with E-state index in [9.17, 15) is 20.1 Å². The number of Topliss-reactive ketones (excluding diaryl/α,β-unsaturated/α-hetero) is 1. The van der Waals surface area contributed by atoms with E-state index in [4.69, 9.17) is 9.47 Å². The molecule has 1 heterocycles. The molecule has 0 bridgehead atoms. The Labute approximate surface area is 157 Å². The average Bonchev–Trinajstić information content (AvgIpc) is 2.63. The van der Waals surface area contributed by atoms with Crippen molar-refractivity contribution in [2.75, 3.05) is 13.7 Å². The Bertz CT molecular complexity index is 925. The highest BCUT2D eigenvalue weighted by molar-refractivity contribution is 6.04. The smallest absolute Gasteiger partial charge is 0.201 e. The predicted molar refractivity (Wildman–Crippen MR) is 100 cm³/mol. The standard InChI is InChI=1S/C21H22O6/c1-11(2)4-5-12-8-15(19(24)20(25)21(12)26-3)16-10-27-17-9-13(22)6-7-14(17)18(16)23/h4,6-9,16,22,24-25H,5,10H2,1-3H3/t16-/m1/s1. The molecule has 142 valence electrons. The van der Waals surface area contributed by atoms with Crippen molar-refractivity contribution in [3.05, 3.63) is 52.6 Å². The summed E-state index contributed by atoms with van der Waals surface area (Å²) in [6.07, 6.45) is 2.45. The van der Waals surface area contributed by atoms with Gasteiger partial charge in [0.2, 0.25) is 5.75 Å². The van der Waals surface area contributed by atoms with E-state index in [1.165, 1.54) is 25.3 Å². The number of phenols is 3. The average molecular weight is 370 g/mol. The maximum Gasteiger partial charge on any atom is 0.201 e. The lowest BCUT2D eigenvalue weighted by Gasteiger charge is -2.26. The van der Waals surface area contributed by atoms with Gasteiger partial charge in [0.1, 0.15) is 18.1 Å². The van der Waals surface area contributed by atoms with Gasteiger partial charge in [0, 0.05) is 17.2 Å². The van der Waals surface area contributed by atoms with Crippen LogP contribution in [-0.2, 0) is 6.42 Å². The fraction of sp³-hybridized carbons (Fsp3) is 0.286. The van der Waals surface area contributed by atoms with Crippen LogP contribution in [0.1, 0.15) is 41.3 Å². The Kier molecular flexibility index (Phi) is 4.99. The molecule has 0 saturated carbocycles. The number of fused-ring (bicyclic) bond motifs is 1. The first-order valence-electron chi connectivity index (χ1n) is 8.58. The second-order valence-corrected chi connectivity index (χ2v) is 6.75. The largest absolute Gasteiger partial charge is 0.508 e. The minimum Gasteiger partial charge on any atom is -0.508 e. The minimum absolute atomic E-state index is 0.00327. The number of phenolic OH excluding ortho intramolecular Hbond substituents is 3. The lowest BCUT2D eigenvalue weighted by atomic mass is 9.86. The molecular weight excluding hydrogens is 348 g/mol. The molecule has 0 amide bonds. The topological polar surface area (TPSA) is 96.2 Å². The van der Waals surface area contributed by atoms with Gasteiger partial charge in [-0.3, -0.25) is 4.79 Å². The second kappa shape index (κ2) is 7.23. The Hall–Kier alpha value is -3.15. The van der Waals surface area contributed by atoms with Crippen LogP contribution in [0.4, 0.5) is 0 Å². The number of allylic oxidation sites excluding steroid dienone is 2. The van der Waals surface area contributed by atoms with Gasteiger partial charge in [0.05, 0.1) is 18.6 Å². The van der Waals surface area contributed by atoms with Crippen molar-refractivity contribution in [1.82, 2.24) is 0 Å². The minimum atomic E-state index is -0.774. The molecule has 2 aromatic rings. The summed E-state index contributed by atoms with van der Waals surface area (Å²) in [7, 11) is 1.41. The van der Waals surface area contributed by atoms with Gasteiger partial charge in [-0.25, -0.2) is 0 Å². The first-order chi connectivity index (χ1) is 12.8. The number of carbonyl (C=O) groups excluding carboxylic acids is 1. The third-order valence-corrected chi connectivity index (χ3v) is 4.60. The molecule has 1 aliphatic heterocycles. The molecule has 0 radical (unpaired) electrons. The number of carbonyl (C=O) groups is 1. The van der Waals surface area contributed by atoms with Crippen molar-refractivity contribution in [3.8, 4) is 28.7 Å². The van der Waals surface area contributed by atoms with E-state index in [1.54, 1.807) is 6.07 Å². The van der Waals surface area contributed by atoms with Gasteiger partial charge >= 0.3 is 0 Å². The highest BCUT2D eigenvalue weighted by atomic mass is 16.5. The van der Waals surface area contributed by atoms with Crippen LogP contribution in [-0.4, -0.2) is 34.8 Å². The summed E-state index contributed by atoms with van der Waals surface area (Å²) in [4.78, 5) is 12.9. The molecule has 0 fully saturated rings. The van der Waals surface area contributed by atoms with Crippen molar-refractivity contribution < 1.29 is 29.6 Å². The van der Waals surface area contributed by atoms with E-state index in [0.29, 0.717) is 23.3 Å². The summed E-state index contributed by atoms with van der Waals surface area (Å²) in [5.74, 6) is -1.31. The number of aromatic hydroxyl groups is 3. The fourth-order valence-corrected chi connectivity index (χ4v) is 3.18. The molecule has 3 rings (SSSR count). The summed E-state index contributed by atoms with van der Waals surface area (Å²) in [6, 6.07) is 5.96. The number of hydrogen-bond donors (Lipinski definition) is 3. The van der Waals surface area contributed by atoms with Crippen molar-refractivity contribution in [3.63, 3.8) is 0 Å². The van der Waals surface area contributed by atoms with E-state index in [2.05, 4.69) is 0 Å². The van der Waals surface area contributed by atoms with Crippen molar-refractivity contribution in [1.29, 1.82) is 0 Å². The summed E-state index contributed by atoms with van der Waals surface area (Å²) in [6.45, 7) is 3.91. The van der Waals surface area contributed by atoms with Gasteiger partial charge in [-0.2, -0.15) is 0 Å². The van der Waals surface area contributed by atoms with E-state index >= 15 is 0 Å². The highest BCUT2D eigenvalue weighted by Crippen LogP contribution is 2.46. The number of ketones is 1. The van der Waals surface area contributed by atoms with Crippen LogP contribution in [0.25, 0.3) is 0 Å². The lowest BCUT2D eigenvalue weighted by molar-refractivity contribution is 0.0893. The molecule has 0 saturated heterocycles. The number of ether oxygens (including phenoxy) is 2. The molecule has 1 aliphatic rings. The van der Waals surface area contributed by atoms with Crippen LogP contribution in [0, 0.1) is 0 Å². The van der Waals surface area contributed by atoms with Crippen LogP contribution in [0.5, 0.6) is 28.7 Å². The summed E-state index contributed by atoms with van der Waals surface area (Å²) in [5, 5.41) is 30.4. The van der Waals surface area contributed by atoms with Crippen LogP contribution < -0.4 is 9.47 Å². The van der Waals surface area contributed by atoms with Crippen LogP contribution in [0.3, 0.4) is 0 Å². The Morgan fingerprint density at radius 2 is 1.96 bits per heavy atom. The SMILES string of the molecule is COc1c(CC=C(C)C)cc([C@H]2COc3cc(O)ccc3C2=O)c(O)c1O. The number of hydrogen-bond acceptors (Lipinski definition) is 6. The molecule has 27 heavy (non-hydrogen) atoms. The van der Waals surface area contributed by atoms with Crippen LogP contribution in [0.15, 0.2) is 35.9 Å². The monoisotopic (exact) mass is 370 g/mol. The molecule has 0 unspecified atom stereocenters. The van der Waals surface area contributed by atoms with Crippen LogP contribution in [0.2, 0.25) is 0 Å². The van der Waals surface area contributed by atoms with Gasteiger partial charge in [-0.15, -0.1) is 0 Å². The summed E-state index contributed by atoms with van der Waals surface area (Å²) < 4.78 is 10.9. The maximum atomic E-state index is 12.9. The van der Waals surface area contributed by atoms with Gasteiger partial charge in [-0.05, 0) is 38.5 Å². The highest BCUT2D eigenvalue weighted by Gasteiger charge is 2.34. The molecule has 6 heteroatoms. The molecule has 0 spiro atoms. The Balaban J connectivity index is 2.07. The zero-order chi connectivity index (χ0) is 19.7. The summed E-state index contributed by atoms with van der Waals surface area (Å²) in [5.41, 5.74) is 2.36. The van der Waals surface area contributed by atoms with Gasteiger partial charge in [0.25, 0.3) is 0 Å². The van der Waals surface area contributed by atoms with E-state index in [0.717, 1.165) is 5.57 Å². The third-order valence-electron chi connectivity index (χ3n) is 4.60. The van der Waals surface area contributed by atoms with Gasteiger partial charge < -0.3 is 24.8 Å². The summed E-state index contributed by atoms with van der Waals surface area (Å²) >= 11 is 0. The number of methoxy groups -OCH3 is 1. The quantitative estimate of drug-likeness (QED) is 0.561. The molecule has 6 nitrogen and oxygen atoms in total. The maximum absolute atomic E-state index is 12.9. The first-order valence-corrected chi connectivity index (χ1v) is 8.58. The molecular formula is C21H22O6. The lowest BCUT2D eigenvalue weighted by Crippen LogP contribution is -2.26. The van der Waals surface area contributed by atoms with Crippen molar-refractivity contribution in [2.45, 2.75) is 26.2 Å². The zero-order valence-corrected chi connectivity index (χ0v) is 15.4. The Morgan fingerprint density at radius 1 is 1.22 bits per heavy atom. The normalized spacial score (nSPS) is 15.7. The van der Waals surface area contributed by atoms with Gasteiger partial charge in [-0.1, -0.05) is 11.6 Å². The van der Waals surface area contributed by atoms with Crippen molar-refractivity contribution in [2.24, 2.45) is 0 Å². The van der Waals surface area contributed by atoms with Gasteiger partial charge in [0.15, 0.2) is 17.3 Å². The molecule has 2 aromatic carbocycles. The Morgan fingerprint density at radius 3 is 2.63 bits per heavy atom. The van der Waals surface area contributed by atoms with E-state index in [-0.39, 0.29) is 29.5 Å². The van der Waals surface area contributed by atoms with Crippen LogP contribution >= 0.6 is 0 Å². The molecule has 0 aliphatic carbocycles. The molecule has 1 atom stereocenters. The van der Waals surface area contributed by atoms with E-state index < -0.39 is 17.4 Å². The molecule has 0 aromatic heterocycles. The second-order valence-electron chi connectivity index (χ2n) is 6.75. The number of benzene rings is 2. The fourth-order valence-electron chi connectivity index (χ4n) is 3.18. The zero-order valence-electron chi connectivity index (χ0n) is 15.4. The molecule has 3 N–H and O–H groups in total.